The summed E-state index contributed by atoms with van der Waals surface area (Å²) in [5.41, 5.74) is 3.04. The average Bonchev–Trinajstić information content (AvgIpc) is 2.89. The van der Waals surface area contributed by atoms with E-state index in [0.29, 0.717) is 0 Å². The van der Waals surface area contributed by atoms with E-state index in [9.17, 15) is 0 Å². The molecule has 0 saturated heterocycles. The Hall–Kier alpha value is -2.07. The van der Waals surface area contributed by atoms with Crippen LogP contribution in [0.3, 0.4) is 0 Å². The van der Waals surface area contributed by atoms with Gasteiger partial charge in [0, 0.05) is 29.8 Å². The van der Waals surface area contributed by atoms with Gasteiger partial charge in [0.2, 0.25) is 0 Å². The molecule has 3 aromatic heterocycles. The summed E-state index contributed by atoms with van der Waals surface area (Å²) in [6, 6.07) is 9.95. The summed E-state index contributed by atoms with van der Waals surface area (Å²) in [5.74, 6) is 0. The Balaban J connectivity index is 2.00. The molecule has 0 aliphatic heterocycles. The fourth-order valence-electron chi connectivity index (χ4n) is 1.70. The smallest absolute Gasteiger partial charge is 0.125 e. The van der Waals surface area contributed by atoms with Gasteiger partial charge < -0.3 is 0 Å². The van der Waals surface area contributed by atoms with Crippen LogP contribution in [0.4, 0.5) is 0 Å². The molecule has 0 saturated carbocycles. The Morgan fingerprint density at radius 2 is 2.00 bits per heavy atom. The molecule has 0 aliphatic rings. The highest BCUT2D eigenvalue weighted by Crippen LogP contribution is 2.30. The van der Waals surface area contributed by atoms with E-state index in [-0.39, 0.29) is 0 Å². The first-order chi connectivity index (χ1) is 8.83. The molecule has 0 aromatic carbocycles. The Labute approximate surface area is 109 Å². The lowest BCUT2D eigenvalue weighted by Gasteiger charge is -1.96. The fraction of sp³-hybridized carbons (Fsp3) is 0.0714. The molecule has 0 radical (unpaired) electrons. The predicted octanol–water partition coefficient (Wildman–Crippen LogP) is 3.58. The largest absolute Gasteiger partial charge is 0.264 e. The number of pyridine rings is 2. The van der Waals surface area contributed by atoms with E-state index in [4.69, 9.17) is 0 Å². The first kappa shape index (κ1) is 11.0. The van der Waals surface area contributed by atoms with Gasteiger partial charge in [0.15, 0.2) is 0 Å². The van der Waals surface area contributed by atoms with Crippen molar-refractivity contribution in [2.24, 2.45) is 0 Å². The van der Waals surface area contributed by atoms with Crippen LogP contribution in [0.5, 0.6) is 0 Å². The SMILES string of the molecule is Cc1cccc(-c2cnc(-c3cccnc3)s2)n1. The minimum absolute atomic E-state index is 0.974. The van der Waals surface area contributed by atoms with Crippen LogP contribution in [0.1, 0.15) is 5.69 Å². The van der Waals surface area contributed by atoms with Crippen LogP contribution in [0.25, 0.3) is 21.1 Å². The van der Waals surface area contributed by atoms with Crippen LogP contribution in [-0.2, 0) is 0 Å². The molecule has 3 rings (SSSR count). The molecule has 0 unspecified atom stereocenters. The minimum Gasteiger partial charge on any atom is -0.264 e. The number of aryl methyl sites for hydroxylation is 1. The summed E-state index contributed by atoms with van der Waals surface area (Å²) < 4.78 is 0. The molecule has 0 bridgehead atoms. The molecule has 4 heteroatoms. The van der Waals surface area contributed by atoms with Gasteiger partial charge >= 0.3 is 0 Å². The van der Waals surface area contributed by atoms with Gasteiger partial charge in [0.05, 0.1) is 10.6 Å². The first-order valence-corrected chi connectivity index (χ1v) is 6.45. The molecule has 3 aromatic rings. The summed E-state index contributed by atoms with van der Waals surface area (Å²) in [6.45, 7) is 1.99. The number of aromatic nitrogens is 3. The summed E-state index contributed by atoms with van der Waals surface area (Å²) in [4.78, 5) is 14.1. The standard InChI is InChI=1S/C14H11N3S/c1-10-4-2-6-12(17-10)13-9-16-14(18-13)11-5-3-7-15-8-11/h2-9H,1H3. The molecule has 0 N–H and O–H groups in total. The highest BCUT2D eigenvalue weighted by Gasteiger charge is 2.07. The number of thiazole rings is 1. The van der Waals surface area contributed by atoms with Crippen molar-refractivity contribution >= 4 is 11.3 Å². The van der Waals surface area contributed by atoms with Crippen molar-refractivity contribution < 1.29 is 0 Å². The normalized spacial score (nSPS) is 10.5. The second-order valence-corrected chi connectivity index (χ2v) is 4.97. The van der Waals surface area contributed by atoms with Gasteiger partial charge in [-0.3, -0.25) is 9.97 Å². The molecule has 3 heterocycles. The summed E-state index contributed by atoms with van der Waals surface area (Å²) in [6.07, 6.45) is 5.46. The summed E-state index contributed by atoms with van der Waals surface area (Å²) in [5, 5.41) is 0.974. The van der Waals surface area contributed by atoms with Crippen LogP contribution in [0, 0.1) is 6.92 Å². The van der Waals surface area contributed by atoms with Crippen LogP contribution < -0.4 is 0 Å². The summed E-state index contributed by atoms with van der Waals surface area (Å²) >= 11 is 1.63. The molecule has 0 amide bonds. The number of rotatable bonds is 2. The van der Waals surface area contributed by atoms with Crippen molar-refractivity contribution in [3.63, 3.8) is 0 Å². The Morgan fingerprint density at radius 1 is 1.06 bits per heavy atom. The Bertz CT molecular complexity index is 662. The Morgan fingerprint density at radius 3 is 2.78 bits per heavy atom. The van der Waals surface area contributed by atoms with Crippen LogP contribution >= 0.6 is 11.3 Å². The Kier molecular flexibility index (Phi) is 2.86. The van der Waals surface area contributed by atoms with Crippen molar-refractivity contribution in [3.8, 4) is 21.1 Å². The predicted molar refractivity (Wildman–Crippen MR) is 73.3 cm³/mol. The third kappa shape index (κ3) is 2.15. The average molecular weight is 253 g/mol. The number of hydrogen-bond donors (Lipinski definition) is 0. The third-order valence-electron chi connectivity index (χ3n) is 2.55. The maximum absolute atomic E-state index is 4.51. The fourth-order valence-corrected chi connectivity index (χ4v) is 2.57. The van der Waals surface area contributed by atoms with Gasteiger partial charge in [-0.2, -0.15) is 0 Å². The maximum Gasteiger partial charge on any atom is 0.125 e. The van der Waals surface area contributed by atoms with E-state index in [1.54, 1.807) is 17.5 Å². The molecule has 18 heavy (non-hydrogen) atoms. The van der Waals surface area contributed by atoms with Crippen molar-refractivity contribution in [1.82, 2.24) is 15.0 Å². The lowest BCUT2D eigenvalue weighted by atomic mass is 10.3. The highest BCUT2D eigenvalue weighted by molar-refractivity contribution is 7.18. The van der Waals surface area contributed by atoms with Crippen LogP contribution in [0.15, 0.2) is 48.9 Å². The van der Waals surface area contributed by atoms with Gasteiger partial charge in [-0.05, 0) is 31.2 Å². The van der Waals surface area contributed by atoms with E-state index in [0.717, 1.165) is 26.8 Å². The number of hydrogen-bond acceptors (Lipinski definition) is 4. The van der Waals surface area contributed by atoms with Crippen LogP contribution in [0.2, 0.25) is 0 Å². The van der Waals surface area contributed by atoms with E-state index < -0.39 is 0 Å². The lowest BCUT2D eigenvalue weighted by molar-refractivity contribution is 1.21. The monoisotopic (exact) mass is 253 g/mol. The minimum atomic E-state index is 0.974. The highest BCUT2D eigenvalue weighted by atomic mass is 32.1. The molecule has 0 spiro atoms. The molecular formula is C14H11N3S. The van der Waals surface area contributed by atoms with Gasteiger partial charge in [-0.1, -0.05) is 6.07 Å². The zero-order valence-corrected chi connectivity index (χ0v) is 10.7. The molecular weight excluding hydrogens is 242 g/mol. The molecule has 0 aliphatic carbocycles. The third-order valence-corrected chi connectivity index (χ3v) is 3.62. The zero-order chi connectivity index (χ0) is 12.4. The second-order valence-electron chi connectivity index (χ2n) is 3.94. The van der Waals surface area contributed by atoms with Gasteiger partial charge in [-0.15, -0.1) is 11.3 Å². The molecule has 0 fully saturated rings. The van der Waals surface area contributed by atoms with Gasteiger partial charge in [-0.25, -0.2) is 4.98 Å². The summed E-state index contributed by atoms with van der Waals surface area (Å²) in [7, 11) is 0. The van der Waals surface area contributed by atoms with E-state index >= 15 is 0 Å². The topological polar surface area (TPSA) is 38.7 Å². The van der Waals surface area contributed by atoms with Crippen molar-refractivity contribution in [1.29, 1.82) is 0 Å². The van der Waals surface area contributed by atoms with E-state index in [2.05, 4.69) is 15.0 Å². The van der Waals surface area contributed by atoms with Crippen molar-refractivity contribution in [2.75, 3.05) is 0 Å². The van der Waals surface area contributed by atoms with Gasteiger partial charge in [0.25, 0.3) is 0 Å². The molecule has 88 valence electrons. The van der Waals surface area contributed by atoms with Gasteiger partial charge in [0.1, 0.15) is 5.01 Å². The van der Waals surface area contributed by atoms with E-state index in [1.807, 2.05) is 49.6 Å². The quantitative estimate of drug-likeness (QED) is 0.700. The van der Waals surface area contributed by atoms with Crippen molar-refractivity contribution in [3.05, 3.63) is 54.6 Å². The molecule has 3 nitrogen and oxygen atoms in total. The van der Waals surface area contributed by atoms with Crippen LogP contribution in [-0.4, -0.2) is 15.0 Å². The number of nitrogens with zero attached hydrogens (tertiary/aromatic N) is 3. The van der Waals surface area contributed by atoms with Crippen molar-refractivity contribution in [2.45, 2.75) is 6.92 Å². The second kappa shape index (κ2) is 4.66. The first-order valence-electron chi connectivity index (χ1n) is 5.63. The maximum atomic E-state index is 4.51. The zero-order valence-electron chi connectivity index (χ0n) is 9.87. The lowest BCUT2D eigenvalue weighted by Crippen LogP contribution is -1.82. The molecule has 0 atom stereocenters. The van der Waals surface area contributed by atoms with E-state index in [1.165, 1.54) is 0 Å².